The Morgan fingerprint density at radius 3 is 2.70 bits per heavy atom. The summed E-state index contributed by atoms with van der Waals surface area (Å²) in [7, 11) is 2.04. The van der Waals surface area contributed by atoms with Gasteiger partial charge in [0.15, 0.2) is 17.2 Å². The van der Waals surface area contributed by atoms with Gasteiger partial charge in [-0.15, -0.1) is 0 Å². The molecule has 40 heavy (non-hydrogen) atoms. The molecule has 0 saturated heterocycles. The molecule has 0 radical (unpaired) electrons. The average Bonchev–Trinajstić information content (AvgIpc) is 3.43. The maximum absolute atomic E-state index is 13.7. The van der Waals surface area contributed by atoms with E-state index < -0.39 is 0 Å². The van der Waals surface area contributed by atoms with Crippen LogP contribution in [0.1, 0.15) is 61.9 Å². The van der Waals surface area contributed by atoms with Gasteiger partial charge < -0.3 is 29.5 Å². The Hall–Kier alpha value is -3.30. The smallest absolute Gasteiger partial charge is 0.258 e. The van der Waals surface area contributed by atoms with Gasteiger partial charge in [0.2, 0.25) is 12.7 Å². The van der Waals surface area contributed by atoms with Crippen molar-refractivity contribution in [2.45, 2.75) is 64.6 Å². The molecule has 9 nitrogen and oxygen atoms in total. The van der Waals surface area contributed by atoms with Crippen LogP contribution in [0.5, 0.6) is 17.2 Å². The highest BCUT2D eigenvalue weighted by Crippen LogP contribution is 2.36. The van der Waals surface area contributed by atoms with Crippen molar-refractivity contribution in [2.75, 3.05) is 38.9 Å². The molecule has 0 spiro atoms. The third-order valence-electron chi connectivity index (χ3n) is 8.31. The fourth-order valence-electron chi connectivity index (χ4n) is 5.88. The maximum Gasteiger partial charge on any atom is 0.258 e. The molecule has 3 aliphatic rings. The Morgan fingerprint density at radius 1 is 1.15 bits per heavy atom. The SMILES string of the molecule is C[C@@H]1CN([C@@H](C)CO)C(=O)c2cccc(NC(=O)C3CCCCC3)c2O[C@@H]1CN(C)Cc1ccc2c(c1)OCO2. The second kappa shape index (κ2) is 12.5. The number of carbonyl (C=O) groups excluding carboxylic acids is 2. The van der Waals surface area contributed by atoms with Gasteiger partial charge in [-0.05, 0) is 56.6 Å². The second-order valence-corrected chi connectivity index (χ2v) is 11.5. The van der Waals surface area contributed by atoms with Gasteiger partial charge in [-0.25, -0.2) is 0 Å². The number of carbonyl (C=O) groups is 2. The Bertz CT molecular complexity index is 1210. The second-order valence-electron chi connectivity index (χ2n) is 11.5. The van der Waals surface area contributed by atoms with E-state index >= 15 is 0 Å². The molecule has 2 aliphatic heterocycles. The van der Waals surface area contributed by atoms with Crippen molar-refractivity contribution >= 4 is 17.5 Å². The number of benzene rings is 2. The number of aliphatic hydroxyl groups is 1. The molecule has 5 rings (SSSR count). The van der Waals surface area contributed by atoms with E-state index in [1.165, 1.54) is 6.42 Å². The van der Waals surface area contributed by atoms with Gasteiger partial charge >= 0.3 is 0 Å². The van der Waals surface area contributed by atoms with E-state index in [1.807, 2.05) is 38.2 Å². The molecule has 9 heteroatoms. The van der Waals surface area contributed by atoms with E-state index in [0.29, 0.717) is 36.6 Å². The van der Waals surface area contributed by atoms with E-state index in [4.69, 9.17) is 14.2 Å². The van der Waals surface area contributed by atoms with Crippen LogP contribution in [0.25, 0.3) is 0 Å². The zero-order valence-corrected chi connectivity index (χ0v) is 23.7. The van der Waals surface area contributed by atoms with E-state index in [-0.39, 0.29) is 49.2 Å². The number of nitrogens with one attached hydrogen (secondary N) is 1. The number of aliphatic hydroxyl groups excluding tert-OH is 1. The first kappa shape index (κ1) is 28.2. The molecule has 1 aliphatic carbocycles. The maximum atomic E-state index is 13.7. The predicted octanol–water partition coefficient (Wildman–Crippen LogP) is 4.29. The third kappa shape index (κ3) is 6.20. The van der Waals surface area contributed by atoms with E-state index in [1.54, 1.807) is 17.0 Å². The summed E-state index contributed by atoms with van der Waals surface area (Å²) in [5.74, 6) is 1.63. The van der Waals surface area contributed by atoms with Crippen molar-refractivity contribution in [1.29, 1.82) is 0 Å². The first-order chi connectivity index (χ1) is 19.3. The van der Waals surface area contributed by atoms with Crippen molar-refractivity contribution in [3.8, 4) is 17.2 Å². The van der Waals surface area contributed by atoms with E-state index in [0.717, 1.165) is 42.7 Å². The van der Waals surface area contributed by atoms with Gasteiger partial charge in [-0.2, -0.15) is 0 Å². The molecule has 216 valence electrons. The van der Waals surface area contributed by atoms with Gasteiger partial charge in [0.05, 0.1) is 23.9 Å². The Morgan fingerprint density at radius 2 is 1.93 bits per heavy atom. The minimum absolute atomic E-state index is 0.0173. The van der Waals surface area contributed by atoms with Crippen molar-refractivity contribution in [3.63, 3.8) is 0 Å². The number of fused-ring (bicyclic) bond motifs is 2. The first-order valence-electron chi connectivity index (χ1n) is 14.4. The summed E-state index contributed by atoms with van der Waals surface area (Å²) in [6, 6.07) is 10.9. The van der Waals surface area contributed by atoms with Crippen molar-refractivity contribution in [2.24, 2.45) is 11.8 Å². The molecule has 2 N–H and O–H groups in total. The van der Waals surface area contributed by atoms with Crippen LogP contribution in [0.3, 0.4) is 0 Å². The van der Waals surface area contributed by atoms with Gasteiger partial charge in [0.1, 0.15) is 6.10 Å². The molecule has 2 heterocycles. The highest BCUT2D eigenvalue weighted by molar-refractivity contribution is 6.02. The normalized spacial score (nSPS) is 21.8. The summed E-state index contributed by atoms with van der Waals surface area (Å²) in [5, 5.41) is 13.0. The van der Waals surface area contributed by atoms with Crippen LogP contribution in [-0.4, -0.2) is 72.4 Å². The molecular weight excluding hydrogens is 510 g/mol. The molecule has 0 aromatic heterocycles. The number of hydrogen-bond donors (Lipinski definition) is 2. The Labute approximate surface area is 236 Å². The molecule has 2 amide bonds. The quantitative estimate of drug-likeness (QED) is 0.505. The van der Waals surface area contributed by atoms with Crippen LogP contribution in [-0.2, 0) is 11.3 Å². The summed E-state index contributed by atoms with van der Waals surface area (Å²) in [4.78, 5) is 30.8. The molecule has 1 saturated carbocycles. The highest BCUT2D eigenvalue weighted by atomic mass is 16.7. The van der Waals surface area contributed by atoms with Crippen LogP contribution in [0, 0.1) is 11.8 Å². The Kier molecular flexibility index (Phi) is 8.81. The molecule has 3 atom stereocenters. The standard InChI is InChI=1S/C31H41N3O6/c1-20-15-34(21(2)18-35)31(37)24-10-7-11-25(32-30(36)23-8-5-4-6-9-23)29(24)40-28(20)17-33(3)16-22-12-13-26-27(14-22)39-19-38-26/h7,10-14,20-21,23,28,35H,4-6,8-9,15-19H2,1-3H3,(H,32,36)/t20-,21+,28-/m1/s1. The topological polar surface area (TPSA) is 101 Å². The fraction of sp³-hybridized carbons (Fsp3) is 0.548. The Balaban J connectivity index is 1.40. The van der Waals surface area contributed by atoms with Crippen LogP contribution in [0.2, 0.25) is 0 Å². The van der Waals surface area contributed by atoms with Crippen LogP contribution in [0.4, 0.5) is 5.69 Å². The van der Waals surface area contributed by atoms with Gasteiger partial charge in [0.25, 0.3) is 5.91 Å². The zero-order valence-electron chi connectivity index (χ0n) is 23.7. The number of rotatable bonds is 8. The van der Waals surface area contributed by atoms with Crippen molar-refractivity contribution < 1.29 is 28.9 Å². The monoisotopic (exact) mass is 551 g/mol. The van der Waals surface area contributed by atoms with Gasteiger partial charge in [-0.1, -0.05) is 38.3 Å². The lowest BCUT2D eigenvalue weighted by Gasteiger charge is -2.38. The highest BCUT2D eigenvalue weighted by Gasteiger charge is 2.35. The third-order valence-corrected chi connectivity index (χ3v) is 8.31. The zero-order chi connectivity index (χ0) is 28.2. The largest absolute Gasteiger partial charge is 0.486 e. The van der Waals surface area contributed by atoms with Crippen LogP contribution >= 0.6 is 0 Å². The first-order valence-corrected chi connectivity index (χ1v) is 14.4. The summed E-state index contributed by atoms with van der Waals surface area (Å²) < 4.78 is 17.7. The average molecular weight is 552 g/mol. The minimum atomic E-state index is -0.353. The van der Waals surface area contributed by atoms with Gasteiger partial charge in [-0.3, -0.25) is 14.5 Å². The number of anilines is 1. The van der Waals surface area contributed by atoms with Crippen LogP contribution in [0.15, 0.2) is 36.4 Å². The fourth-order valence-corrected chi connectivity index (χ4v) is 5.88. The van der Waals surface area contributed by atoms with Crippen LogP contribution < -0.4 is 19.5 Å². The molecule has 0 unspecified atom stereocenters. The lowest BCUT2D eigenvalue weighted by atomic mass is 9.88. The lowest BCUT2D eigenvalue weighted by molar-refractivity contribution is -0.120. The molecule has 0 bridgehead atoms. The van der Waals surface area contributed by atoms with E-state index in [2.05, 4.69) is 17.1 Å². The van der Waals surface area contributed by atoms with E-state index in [9.17, 15) is 14.7 Å². The predicted molar refractivity (Wildman–Crippen MR) is 152 cm³/mol. The number of para-hydroxylation sites is 1. The van der Waals surface area contributed by atoms with Gasteiger partial charge in [0, 0.05) is 31.5 Å². The number of ether oxygens (including phenoxy) is 3. The summed E-state index contributed by atoms with van der Waals surface area (Å²) >= 11 is 0. The molecule has 1 fully saturated rings. The van der Waals surface area contributed by atoms with Crippen molar-refractivity contribution in [3.05, 3.63) is 47.5 Å². The molecule has 2 aromatic rings. The molecular formula is C31H41N3O6. The number of likely N-dealkylation sites (N-methyl/N-ethyl adjacent to an activating group) is 1. The lowest BCUT2D eigenvalue weighted by Crippen LogP contribution is -2.49. The number of hydrogen-bond acceptors (Lipinski definition) is 7. The number of amides is 2. The molecule has 2 aromatic carbocycles. The minimum Gasteiger partial charge on any atom is -0.486 e. The van der Waals surface area contributed by atoms with Crippen molar-refractivity contribution in [1.82, 2.24) is 9.80 Å². The summed E-state index contributed by atoms with van der Waals surface area (Å²) in [6.45, 7) is 5.73. The number of nitrogens with zero attached hydrogens (tertiary/aromatic N) is 2. The summed E-state index contributed by atoms with van der Waals surface area (Å²) in [6.07, 6.45) is 4.78. The summed E-state index contributed by atoms with van der Waals surface area (Å²) in [5.41, 5.74) is 2.02.